The summed E-state index contributed by atoms with van der Waals surface area (Å²) in [4.78, 5) is 21.2. The molecule has 2 rings (SSSR count). The molecule has 2 aromatic rings. The van der Waals surface area contributed by atoms with Gasteiger partial charge in [0, 0.05) is 0 Å². The van der Waals surface area contributed by atoms with Gasteiger partial charge in [-0.05, 0) is 34.0 Å². The van der Waals surface area contributed by atoms with E-state index < -0.39 is 11.9 Å². The minimum absolute atomic E-state index is 0. The molecule has 2 aromatic carbocycles. The summed E-state index contributed by atoms with van der Waals surface area (Å²) in [5.74, 6) is -2.58. The molecular formula is C12H6Na2O4. The van der Waals surface area contributed by atoms with Crippen LogP contribution in [0.15, 0.2) is 36.4 Å². The minimum atomic E-state index is -1.29. The molecule has 0 aliphatic heterocycles. The topological polar surface area (TPSA) is 80.3 Å². The number of carbonyl (C=O) groups is 2. The molecule has 6 heteroatoms. The summed E-state index contributed by atoms with van der Waals surface area (Å²) < 4.78 is 0. The van der Waals surface area contributed by atoms with Gasteiger partial charge in [-0.15, -0.1) is 0 Å². The van der Waals surface area contributed by atoms with E-state index in [2.05, 4.69) is 0 Å². The first-order chi connectivity index (χ1) is 7.58. The molecule has 80 valence electrons. The number of fused-ring (bicyclic) bond motifs is 1. The van der Waals surface area contributed by atoms with Crippen LogP contribution < -0.4 is 69.3 Å². The van der Waals surface area contributed by atoms with E-state index in [0.717, 1.165) is 5.39 Å². The summed E-state index contributed by atoms with van der Waals surface area (Å²) in [6.45, 7) is 0. The maximum Gasteiger partial charge on any atom is 1.00 e. The summed E-state index contributed by atoms with van der Waals surface area (Å²) in [6, 6.07) is 8.76. The van der Waals surface area contributed by atoms with E-state index in [1.165, 1.54) is 24.3 Å². The number of benzene rings is 2. The number of carbonyl (C=O) groups excluding carboxylic acids is 2. The Morgan fingerprint density at radius 2 is 1.11 bits per heavy atom. The quantitative estimate of drug-likeness (QED) is 0.503. The van der Waals surface area contributed by atoms with Crippen molar-refractivity contribution in [3.05, 3.63) is 47.5 Å². The van der Waals surface area contributed by atoms with Gasteiger partial charge >= 0.3 is 59.1 Å². The Kier molecular flexibility index (Phi) is 7.14. The molecule has 0 unspecified atom stereocenters. The molecule has 0 saturated heterocycles. The van der Waals surface area contributed by atoms with Gasteiger partial charge in [0.05, 0.1) is 11.9 Å². The molecule has 0 amide bonds. The summed E-state index contributed by atoms with van der Waals surface area (Å²) >= 11 is 0. The first-order valence-electron chi connectivity index (χ1n) is 4.54. The number of carboxylic acid groups (broad SMARTS) is 2. The molecule has 0 aromatic heterocycles. The zero-order valence-electron chi connectivity index (χ0n) is 10.1. The molecule has 0 aliphatic carbocycles. The molecule has 0 heterocycles. The molecule has 4 nitrogen and oxygen atoms in total. The van der Waals surface area contributed by atoms with Crippen molar-refractivity contribution in [3.63, 3.8) is 0 Å². The Hall–Kier alpha value is -0.360. The van der Waals surface area contributed by atoms with Gasteiger partial charge in [0.1, 0.15) is 0 Å². The van der Waals surface area contributed by atoms with E-state index in [1.807, 2.05) is 0 Å². The van der Waals surface area contributed by atoms with Gasteiger partial charge in [0.25, 0.3) is 0 Å². The number of hydrogen-bond acceptors (Lipinski definition) is 4. The van der Waals surface area contributed by atoms with Crippen LogP contribution in [0.25, 0.3) is 10.8 Å². The van der Waals surface area contributed by atoms with Crippen LogP contribution in [0, 0.1) is 0 Å². The Labute approximate surface area is 148 Å². The van der Waals surface area contributed by atoms with Gasteiger partial charge in [0.15, 0.2) is 0 Å². The molecule has 0 bridgehead atoms. The van der Waals surface area contributed by atoms with Gasteiger partial charge in [-0.3, -0.25) is 0 Å². The third kappa shape index (κ3) is 3.82. The first kappa shape index (κ1) is 17.6. The average Bonchev–Trinajstić information content (AvgIpc) is 2.27. The SMILES string of the molecule is O=C([O-])c1ccc2ccc(C(=O)[O-])cc2c1.[Na+].[Na+]. The molecule has 18 heavy (non-hydrogen) atoms. The Balaban J connectivity index is 0.00000144. The van der Waals surface area contributed by atoms with Gasteiger partial charge in [-0.1, -0.05) is 24.3 Å². The zero-order chi connectivity index (χ0) is 11.7. The van der Waals surface area contributed by atoms with Gasteiger partial charge in [-0.25, -0.2) is 0 Å². The van der Waals surface area contributed by atoms with Crippen molar-refractivity contribution < 1.29 is 78.9 Å². The third-order valence-corrected chi connectivity index (χ3v) is 2.31. The second-order valence-corrected chi connectivity index (χ2v) is 3.35. The van der Waals surface area contributed by atoms with Crippen molar-refractivity contribution in [3.8, 4) is 0 Å². The van der Waals surface area contributed by atoms with E-state index in [4.69, 9.17) is 0 Å². The van der Waals surface area contributed by atoms with Gasteiger partial charge in [0.2, 0.25) is 0 Å². The minimum Gasteiger partial charge on any atom is -0.545 e. The normalized spacial score (nSPS) is 9.11. The molecule has 0 radical (unpaired) electrons. The van der Waals surface area contributed by atoms with Crippen LogP contribution in [0.1, 0.15) is 20.7 Å². The van der Waals surface area contributed by atoms with Crippen LogP contribution in [0.2, 0.25) is 0 Å². The second kappa shape index (κ2) is 7.28. The van der Waals surface area contributed by atoms with E-state index in [-0.39, 0.29) is 70.2 Å². The molecule has 0 aliphatic rings. The van der Waals surface area contributed by atoms with Gasteiger partial charge in [-0.2, -0.15) is 0 Å². The third-order valence-electron chi connectivity index (χ3n) is 2.31. The molecule has 0 fully saturated rings. The van der Waals surface area contributed by atoms with Crippen molar-refractivity contribution in [2.45, 2.75) is 0 Å². The van der Waals surface area contributed by atoms with Crippen molar-refractivity contribution in [1.82, 2.24) is 0 Å². The molecular weight excluding hydrogens is 254 g/mol. The number of rotatable bonds is 2. The fraction of sp³-hybridized carbons (Fsp3) is 0. The van der Waals surface area contributed by atoms with Crippen LogP contribution in [0.3, 0.4) is 0 Å². The fourth-order valence-corrected chi connectivity index (χ4v) is 1.50. The summed E-state index contributed by atoms with van der Waals surface area (Å²) in [6.07, 6.45) is 0. The van der Waals surface area contributed by atoms with E-state index in [9.17, 15) is 19.8 Å². The number of aromatic carboxylic acids is 2. The van der Waals surface area contributed by atoms with Crippen LogP contribution in [0.4, 0.5) is 0 Å². The standard InChI is InChI=1S/C12H8O4.2Na/c13-11(14)8-3-1-7-2-4-9(12(15)16)6-10(7)5-8;;/h1-6H,(H,13,14)(H,15,16);;/q;2*+1/p-2. The molecule has 0 atom stereocenters. The van der Waals surface area contributed by atoms with E-state index in [0.29, 0.717) is 5.39 Å². The summed E-state index contributed by atoms with van der Waals surface area (Å²) in [5, 5.41) is 22.5. The van der Waals surface area contributed by atoms with E-state index in [1.54, 1.807) is 12.1 Å². The predicted molar refractivity (Wildman–Crippen MR) is 52.6 cm³/mol. The Morgan fingerprint density at radius 1 is 0.722 bits per heavy atom. The van der Waals surface area contributed by atoms with Crippen molar-refractivity contribution in [1.29, 1.82) is 0 Å². The number of hydrogen-bond donors (Lipinski definition) is 0. The molecule has 0 N–H and O–H groups in total. The van der Waals surface area contributed by atoms with Crippen LogP contribution in [-0.4, -0.2) is 11.9 Å². The zero-order valence-corrected chi connectivity index (χ0v) is 14.1. The largest absolute Gasteiger partial charge is 1.00 e. The second-order valence-electron chi connectivity index (χ2n) is 3.35. The smallest absolute Gasteiger partial charge is 0.545 e. The first-order valence-corrected chi connectivity index (χ1v) is 4.54. The monoisotopic (exact) mass is 260 g/mol. The van der Waals surface area contributed by atoms with E-state index >= 15 is 0 Å². The maximum absolute atomic E-state index is 10.6. The summed E-state index contributed by atoms with van der Waals surface area (Å²) in [7, 11) is 0. The van der Waals surface area contributed by atoms with Crippen LogP contribution in [-0.2, 0) is 0 Å². The van der Waals surface area contributed by atoms with Crippen LogP contribution in [0.5, 0.6) is 0 Å². The molecule has 0 saturated carbocycles. The van der Waals surface area contributed by atoms with Crippen molar-refractivity contribution in [2.24, 2.45) is 0 Å². The molecule has 0 spiro atoms. The Bertz CT molecular complexity index is 547. The van der Waals surface area contributed by atoms with Crippen LogP contribution >= 0.6 is 0 Å². The van der Waals surface area contributed by atoms with Crippen molar-refractivity contribution in [2.75, 3.05) is 0 Å². The maximum atomic E-state index is 10.6. The average molecular weight is 260 g/mol. The Morgan fingerprint density at radius 3 is 1.44 bits per heavy atom. The summed E-state index contributed by atoms with van der Waals surface area (Å²) in [5.41, 5.74) is 0.0333. The number of carboxylic acids is 2. The van der Waals surface area contributed by atoms with Gasteiger partial charge < -0.3 is 19.8 Å². The van der Waals surface area contributed by atoms with Crippen molar-refractivity contribution >= 4 is 22.7 Å². The predicted octanol–water partition coefficient (Wildman–Crippen LogP) is -6.43. The fourth-order valence-electron chi connectivity index (χ4n) is 1.50.